The van der Waals surface area contributed by atoms with Crippen LogP contribution in [0.4, 0.5) is 38.1 Å². The van der Waals surface area contributed by atoms with Gasteiger partial charge in [0, 0.05) is 29.8 Å². The third-order valence-corrected chi connectivity index (χ3v) is 5.92. The molecular formula is C26H18F5N5O3. The number of hydrogen-bond acceptors (Lipinski definition) is 6. The van der Waals surface area contributed by atoms with E-state index in [1.165, 1.54) is 12.3 Å². The number of morpholine rings is 1. The van der Waals surface area contributed by atoms with Crippen molar-refractivity contribution < 1.29 is 36.3 Å². The number of nitrogens with zero attached hydrogens (tertiary/aromatic N) is 2. The first-order valence-corrected chi connectivity index (χ1v) is 11.5. The molecule has 2 amide bonds. The first-order chi connectivity index (χ1) is 18.7. The third kappa shape index (κ3) is 5.40. The summed E-state index contributed by atoms with van der Waals surface area (Å²) in [5.74, 6) is -8.64. The highest BCUT2D eigenvalue weighted by Gasteiger charge is 2.27. The lowest BCUT2D eigenvalue weighted by molar-refractivity contribution is 0.0757. The Hall–Kier alpha value is -4.49. The Morgan fingerprint density at radius 3 is 2.49 bits per heavy atom. The van der Waals surface area contributed by atoms with Crippen LogP contribution in [0.15, 0.2) is 48.7 Å². The van der Waals surface area contributed by atoms with E-state index >= 15 is 4.39 Å². The van der Waals surface area contributed by atoms with Crippen molar-refractivity contribution in [2.24, 2.45) is 0 Å². The molecule has 3 N–H and O–H groups in total. The van der Waals surface area contributed by atoms with Gasteiger partial charge in [0.1, 0.15) is 11.3 Å². The van der Waals surface area contributed by atoms with E-state index in [2.05, 4.69) is 20.6 Å². The Morgan fingerprint density at radius 2 is 1.74 bits per heavy atom. The van der Waals surface area contributed by atoms with Gasteiger partial charge in [-0.05, 0) is 24.3 Å². The molecule has 0 radical (unpaired) electrons. The molecule has 0 spiro atoms. The first kappa shape index (κ1) is 26.1. The molecule has 1 aliphatic rings. The van der Waals surface area contributed by atoms with E-state index in [0.717, 1.165) is 12.1 Å². The fourth-order valence-corrected chi connectivity index (χ4v) is 4.00. The van der Waals surface area contributed by atoms with E-state index in [4.69, 9.17) is 4.74 Å². The summed E-state index contributed by atoms with van der Waals surface area (Å²) in [5.41, 5.74) is -1.65. The molecule has 5 rings (SSSR count). The summed E-state index contributed by atoms with van der Waals surface area (Å²) in [6.07, 6.45) is 1.25. The van der Waals surface area contributed by atoms with Crippen molar-refractivity contribution in [1.29, 1.82) is 0 Å². The molecule has 2 aromatic carbocycles. The molecule has 8 nitrogen and oxygen atoms in total. The second-order valence-corrected chi connectivity index (χ2v) is 8.53. The molecule has 4 aromatic rings. The second kappa shape index (κ2) is 10.7. The fourth-order valence-electron chi connectivity index (χ4n) is 4.00. The summed E-state index contributed by atoms with van der Waals surface area (Å²) in [4.78, 5) is 33.7. The van der Waals surface area contributed by atoms with Crippen LogP contribution in [0.1, 0.15) is 27.8 Å². The van der Waals surface area contributed by atoms with Crippen LogP contribution in [0.3, 0.4) is 0 Å². The highest BCUT2D eigenvalue weighted by molar-refractivity contribution is 6.10. The smallest absolute Gasteiger partial charge is 0.323 e. The number of rotatable bonds is 5. The highest BCUT2D eigenvalue weighted by Crippen LogP contribution is 2.27. The van der Waals surface area contributed by atoms with Crippen molar-refractivity contribution in [3.8, 4) is 0 Å². The molecular weight excluding hydrogens is 525 g/mol. The van der Waals surface area contributed by atoms with Crippen molar-refractivity contribution in [1.82, 2.24) is 15.3 Å². The molecule has 200 valence electrons. The van der Waals surface area contributed by atoms with Crippen molar-refractivity contribution in [2.45, 2.75) is 6.04 Å². The average Bonchev–Trinajstić information content (AvgIpc) is 2.93. The number of urea groups is 1. The van der Waals surface area contributed by atoms with Gasteiger partial charge in [0.15, 0.2) is 29.1 Å². The van der Waals surface area contributed by atoms with Gasteiger partial charge >= 0.3 is 6.03 Å². The van der Waals surface area contributed by atoms with E-state index in [0.29, 0.717) is 48.5 Å². The number of pyridine rings is 2. The van der Waals surface area contributed by atoms with Gasteiger partial charge in [-0.15, -0.1) is 0 Å². The quantitative estimate of drug-likeness (QED) is 0.189. The molecule has 39 heavy (non-hydrogen) atoms. The van der Waals surface area contributed by atoms with E-state index in [1.807, 2.05) is 5.32 Å². The number of carbonyl (C=O) groups is 2. The zero-order valence-corrected chi connectivity index (χ0v) is 19.8. The molecule has 3 heterocycles. The maximum Gasteiger partial charge on any atom is 0.323 e. The summed E-state index contributed by atoms with van der Waals surface area (Å²) < 4.78 is 76.0. The van der Waals surface area contributed by atoms with Crippen LogP contribution in [0.2, 0.25) is 0 Å². The number of benzene rings is 2. The van der Waals surface area contributed by atoms with Crippen molar-refractivity contribution in [3.05, 3.63) is 94.7 Å². The lowest BCUT2D eigenvalue weighted by Gasteiger charge is -2.23. The summed E-state index contributed by atoms with van der Waals surface area (Å²) >= 11 is 0. The molecule has 1 aliphatic heterocycles. The maximum atomic E-state index is 15.2. The van der Waals surface area contributed by atoms with Crippen LogP contribution in [-0.2, 0) is 4.74 Å². The second-order valence-electron chi connectivity index (χ2n) is 8.53. The fraction of sp³-hybridized carbons (Fsp3) is 0.154. The van der Waals surface area contributed by atoms with Gasteiger partial charge in [0.25, 0.3) is 0 Å². The van der Waals surface area contributed by atoms with Gasteiger partial charge in [-0.25, -0.2) is 31.7 Å². The third-order valence-electron chi connectivity index (χ3n) is 5.92. The molecule has 13 heteroatoms. The van der Waals surface area contributed by atoms with Gasteiger partial charge in [0.05, 0.1) is 42.4 Å². The van der Waals surface area contributed by atoms with Crippen LogP contribution in [-0.4, -0.2) is 41.5 Å². The van der Waals surface area contributed by atoms with E-state index in [9.17, 15) is 27.2 Å². The van der Waals surface area contributed by atoms with E-state index < -0.39 is 57.8 Å². The number of anilines is 2. The van der Waals surface area contributed by atoms with Crippen molar-refractivity contribution in [2.75, 3.05) is 30.4 Å². The number of aromatic nitrogens is 2. The minimum Gasteiger partial charge on any atom is -0.378 e. The lowest BCUT2D eigenvalue weighted by Crippen LogP contribution is -2.35. The predicted octanol–water partition coefficient (Wildman–Crippen LogP) is 4.86. The predicted molar refractivity (Wildman–Crippen MR) is 130 cm³/mol. The largest absolute Gasteiger partial charge is 0.378 e. The Kier molecular flexibility index (Phi) is 7.17. The molecule has 1 fully saturated rings. The minimum atomic E-state index is -1.78. The summed E-state index contributed by atoms with van der Waals surface area (Å²) in [6, 6.07) is 6.07. The molecule has 1 atom stereocenters. The van der Waals surface area contributed by atoms with Crippen LogP contribution in [0.25, 0.3) is 10.9 Å². The standard InChI is InChI=1S/C26H18F5N5O3/c27-14-3-2-13(8-15(14)28)34-26(38)36-18-9-16(29)23(30)22(24(18)31)25(37)19-7-12-1-4-17(35-20(12)10-33-19)21-11-39-6-5-32-21/h1-4,7-10,21,32H,5-6,11H2,(H2,34,36,38). The Labute approximate surface area is 217 Å². The van der Waals surface area contributed by atoms with Gasteiger partial charge in [-0.3, -0.25) is 9.78 Å². The first-order valence-electron chi connectivity index (χ1n) is 11.5. The number of fused-ring (bicyclic) bond motifs is 1. The Morgan fingerprint density at radius 1 is 0.923 bits per heavy atom. The molecule has 2 aromatic heterocycles. The molecule has 1 unspecified atom stereocenters. The molecule has 0 bridgehead atoms. The van der Waals surface area contributed by atoms with Crippen molar-refractivity contribution >= 4 is 34.1 Å². The molecule has 0 saturated carbocycles. The highest BCUT2D eigenvalue weighted by atomic mass is 19.2. The van der Waals surface area contributed by atoms with Crippen LogP contribution >= 0.6 is 0 Å². The van der Waals surface area contributed by atoms with Gasteiger partial charge in [0.2, 0.25) is 5.78 Å². The normalized spacial score (nSPS) is 15.3. The zero-order chi connectivity index (χ0) is 27.7. The number of ketones is 1. The minimum absolute atomic E-state index is 0.134. The number of hydrogen-bond donors (Lipinski definition) is 3. The van der Waals surface area contributed by atoms with Crippen LogP contribution in [0.5, 0.6) is 0 Å². The summed E-state index contributed by atoms with van der Waals surface area (Å²) in [5, 5.41) is 7.72. The Balaban J connectivity index is 1.41. The number of halogens is 5. The monoisotopic (exact) mass is 543 g/mol. The van der Waals surface area contributed by atoms with Gasteiger partial charge < -0.3 is 20.7 Å². The zero-order valence-electron chi connectivity index (χ0n) is 19.8. The SMILES string of the molecule is O=C(Nc1ccc(F)c(F)c1)Nc1cc(F)c(F)c(C(=O)c2cc3ccc(C4COCCN4)nc3cn2)c1F. The number of ether oxygens (including phenoxy) is 1. The van der Waals surface area contributed by atoms with Crippen LogP contribution in [0, 0.1) is 29.1 Å². The van der Waals surface area contributed by atoms with Gasteiger partial charge in [-0.2, -0.15) is 0 Å². The molecule has 0 aliphatic carbocycles. The maximum absolute atomic E-state index is 15.2. The van der Waals surface area contributed by atoms with Gasteiger partial charge in [-0.1, -0.05) is 6.07 Å². The topological polar surface area (TPSA) is 105 Å². The number of carbonyl (C=O) groups excluding carboxylic acids is 2. The van der Waals surface area contributed by atoms with E-state index in [1.54, 1.807) is 12.1 Å². The van der Waals surface area contributed by atoms with Crippen molar-refractivity contribution in [3.63, 3.8) is 0 Å². The van der Waals surface area contributed by atoms with Crippen LogP contribution < -0.4 is 16.0 Å². The molecule has 1 saturated heterocycles. The number of amides is 2. The number of nitrogens with one attached hydrogen (secondary N) is 3. The summed E-state index contributed by atoms with van der Waals surface area (Å²) in [7, 11) is 0. The summed E-state index contributed by atoms with van der Waals surface area (Å²) in [6.45, 7) is 1.67. The average molecular weight is 543 g/mol. The lowest BCUT2D eigenvalue weighted by atomic mass is 10.0. The van der Waals surface area contributed by atoms with E-state index in [-0.39, 0.29) is 11.7 Å². The Bertz CT molecular complexity index is 1610.